The van der Waals surface area contributed by atoms with Gasteiger partial charge in [-0.2, -0.15) is 5.10 Å². The summed E-state index contributed by atoms with van der Waals surface area (Å²) >= 11 is 5.63. The van der Waals surface area contributed by atoms with Gasteiger partial charge >= 0.3 is 5.97 Å². The second kappa shape index (κ2) is 4.57. The molecule has 0 bridgehead atoms. The summed E-state index contributed by atoms with van der Waals surface area (Å²) < 4.78 is 14.9. The number of carboxylic acid groups (broad SMARTS) is 1. The molecular formula is C13H7ClFN3O2. The van der Waals surface area contributed by atoms with Crippen LogP contribution in [0.1, 0.15) is 10.5 Å². The van der Waals surface area contributed by atoms with Crippen molar-refractivity contribution in [2.75, 3.05) is 0 Å². The van der Waals surface area contributed by atoms with Crippen LogP contribution in [0.15, 0.2) is 36.7 Å². The first-order valence-corrected chi connectivity index (χ1v) is 5.98. The highest BCUT2D eigenvalue weighted by molar-refractivity contribution is 6.30. The molecule has 0 amide bonds. The van der Waals surface area contributed by atoms with Gasteiger partial charge in [0.15, 0.2) is 11.3 Å². The van der Waals surface area contributed by atoms with Gasteiger partial charge in [-0.15, -0.1) is 0 Å². The molecular weight excluding hydrogens is 285 g/mol. The molecule has 0 aliphatic rings. The van der Waals surface area contributed by atoms with Crippen molar-refractivity contribution in [1.29, 1.82) is 0 Å². The van der Waals surface area contributed by atoms with Gasteiger partial charge in [-0.3, -0.25) is 0 Å². The summed E-state index contributed by atoms with van der Waals surface area (Å²) in [6.45, 7) is 0. The van der Waals surface area contributed by atoms with Crippen molar-refractivity contribution in [1.82, 2.24) is 14.6 Å². The Morgan fingerprint density at radius 1 is 1.40 bits per heavy atom. The van der Waals surface area contributed by atoms with E-state index in [2.05, 4.69) is 10.1 Å². The Hall–Kier alpha value is -2.47. The van der Waals surface area contributed by atoms with Crippen molar-refractivity contribution in [2.45, 2.75) is 0 Å². The standard InChI is InChI=1S/C13H7ClFN3O2/c14-8-3-2-7(6-9(8)15)10-11(13(19)20)17-18-5-1-4-16-12(10)18/h1-6H,(H,19,20). The third kappa shape index (κ3) is 1.90. The highest BCUT2D eigenvalue weighted by Gasteiger charge is 2.21. The first-order valence-electron chi connectivity index (χ1n) is 5.60. The molecule has 0 fully saturated rings. The van der Waals surface area contributed by atoms with E-state index in [4.69, 9.17) is 11.6 Å². The number of aromatic nitrogens is 3. The largest absolute Gasteiger partial charge is 0.476 e. The van der Waals surface area contributed by atoms with Gasteiger partial charge in [-0.05, 0) is 23.8 Å². The molecule has 2 heterocycles. The smallest absolute Gasteiger partial charge is 0.357 e. The SMILES string of the molecule is O=C(O)c1nn2cccnc2c1-c1ccc(Cl)c(F)c1. The van der Waals surface area contributed by atoms with Crippen molar-refractivity contribution in [3.63, 3.8) is 0 Å². The van der Waals surface area contributed by atoms with E-state index < -0.39 is 11.8 Å². The predicted molar refractivity (Wildman–Crippen MR) is 70.4 cm³/mol. The van der Waals surface area contributed by atoms with Crippen molar-refractivity contribution in [2.24, 2.45) is 0 Å². The molecule has 20 heavy (non-hydrogen) atoms. The van der Waals surface area contributed by atoms with Crippen LogP contribution in [0.4, 0.5) is 4.39 Å². The van der Waals surface area contributed by atoms with Gasteiger partial charge in [0.25, 0.3) is 0 Å². The van der Waals surface area contributed by atoms with Crippen molar-refractivity contribution in [3.8, 4) is 11.1 Å². The minimum absolute atomic E-state index is 0.0324. The Labute approximate surface area is 117 Å². The Kier molecular flexibility index (Phi) is 2.87. The topological polar surface area (TPSA) is 67.5 Å². The first-order chi connectivity index (χ1) is 9.58. The zero-order valence-electron chi connectivity index (χ0n) is 9.92. The summed E-state index contributed by atoms with van der Waals surface area (Å²) in [6, 6.07) is 5.69. The number of aromatic carboxylic acids is 1. The lowest BCUT2D eigenvalue weighted by molar-refractivity contribution is 0.0691. The molecule has 3 aromatic rings. The second-order valence-electron chi connectivity index (χ2n) is 4.05. The number of hydrogen-bond acceptors (Lipinski definition) is 3. The van der Waals surface area contributed by atoms with Crippen LogP contribution in [0.25, 0.3) is 16.8 Å². The molecule has 1 N–H and O–H groups in total. The number of benzene rings is 1. The van der Waals surface area contributed by atoms with E-state index in [9.17, 15) is 14.3 Å². The van der Waals surface area contributed by atoms with Crippen LogP contribution < -0.4 is 0 Å². The molecule has 0 spiro atoms. The van der Waals surface area contributed by atoms with Crippen molar-refractivity contribution < 1.29 is 14.3 Å². The van der Waals surface area contributed by atoms with Gasteiger partial charge < -0.3 is 5.11 Å². The second-order valence-corrected chi connectivity index (χ2v) is 4.45. The molecule has 0 saturated heterocycles. The quantitative estimate of drug-likeness (QED) is 0.788. The lowest BCUT2D eigenvalue weighted by atomic mass is 10.1. The normalized spacial score (nSPS) is 10.9. The number of carbonyl (C=O) groups is 1. The molecule has 0 unspecified atom stereocenters. The van der Waals surface area contributed by atoms with Gasteiger partial charge in [0.1, 0.15) is 5.82 Å². The number of rotatable bonds is 2. The van der Waals surface area contributed by atoms with E-state index in [1.165, 1.54) is 28.9 Å². The fourth-order valence-corrected chi connectivity index (χ4v) is 2.07. The molecule has 1 aromatic carbocycles. The maximum atomic E-state index is 13.6. The van der Waals surface area contributed by atoms with Crippen LogP contribution in [-0.2, 0) is 0 Å². The van der Waals surface area contributed by atoms with Gasteiger partial charge in [-0.1, -0.05) is 17.7 Å². The maximum absolute atomic E-state index is 13.6. The monoisotopic (exact) mass is 291 g/mol. The van der Waals surface area contributed by atoms with E-state index in [0.29, 0.717) is 11.2 Å². The minimum Gasteiger partial charge on any atom is -0.476 e. The van der Waals surface area contributed by atoms with Gasteiger partial charge in [0, 0.05) is 12.4 Å². The van der Waals surface area contributed by atoms with Crippen LogP contribution in [0.2, 0.25) is 5.02 Å². The van der Waals surface area contributed by atoms with E-state index >= 15 is 0 Å². The molecule has 5 nitrogen and oxygen atoms in total. The van der Waals surface area contributed by atoms with Crippen molar-refractivity contribution in [3.05, 3.63) is 53.2 Å². The Morgan fingerprint density at radius 2 is 2.20 bits per heavy atom. The summed E-state index contributed by atoms with van der Waals surface area (Å²) in [4.78, 5) is 15.4. The fourth-order valence-electron chi connectivity index (χ4n) is 1.95. The Balaban J connectivity index is 2.35. The molecule has 2 aromatic heterocycles. The van der Waals surface area contributed by atoms with E-state index in [0.717, 1.165) is 0 Å². The lowest BCUT2D eigenvalue weighted by Gasteiger charge is -2.02. The zero-order chi connectivity index (χ0) is 14.3. The highest BCUT2D eigenvalue weighted by atomic mass is 35.5. The summed E-state index contributed by atoms with van der Waals surface area (Å²) in [5.41, 5.74) is 0.767. The van der Waals surface area contributed by atoms with Crippen LogP contribution in [0.5, 0.6) is 0 Å². The number of hydrogen-bond donors (Lipinski definition) is 1. The molecule has 0 saturated carbocycles. The van der Waals surface area contributed by atoms with E-state index in [1.54, 1.807) is 12.3 Å². The van der Waals surface area contributed by atoms with Gasteiger partial charge in [0.05, 0.1) is 10.6 Å². The number of fused-ring (bicyclic) bond motifs is 1. The molecule has 0 aliphatic heterocycles. The average Bonchev–Trinajstić information content (AvgIpc) is 2.81. The highest BCUT2D eigenvalue weighted by Crippen LogP contribution is 2.29. The minimum atomic E-state index is -1.21. The maximum Gasteiger partial charge on any atom is 0.357 e. The van der Waals surface area contributed by atoms with Crippen molar-refractivity contribution >= 4 is 23.2 Å². The Bertz CT molecular complexity index is 832. The van der Waals surface area contributed by atoms with Gasteiger partial charge in [-0.25, -0.2) is 18.7 Å². The molecule has 7 heteroatoms. The Morgan fingerprint density at radius 3 is 2.90 bits per heavy atom. The molecule has 3 rings (SSSR count). The van der Waals surface area contributed by atoms with Crippen LogP contribution >= 0.6 is 11.6 Å². The van der Waals surface area contributed by atoms with Crippen LogP contribution in [0, 0.1) is 5.82 Å². The third-order valence-electron chi connectivity index (χ3n) is 2.81. The average molecular weight is 292 g/mol. The third-order valence-corrected chi connectivity index (χ3v) is 3.11. The summed E-state index contributed by atoms with van der Waals surface area (Å²) in [6.07, 6.45) is 3.09. The molecule has 100 valence electrons. The molecule has 0 aliphatic carbocycles. The summed E-state index contributed by atoms with van der Waals surface area (Å²) in [5, 5.41) is 13.1. The van der Waals surface area contributed by atoms with E-state index in [1.807, 2.05) is 0 Å². The fraction of sp³-hybridized carbons (Fsp3) is 0. The van der Waals surface area contributed by atoms with Crippen LogP contribution in [-0.4, -0.2) is 25.7 Å². The molecule has 0 atom stereocenters. The first kappa shape index (κ1) is 12.6. The zero-order valence-corrected chi connectivity index (χ0v) is 10.7. The summed E-state index contributed by atoms with van der Waals surface area (Å²) in [7, 11) is 0. The lowest BCUT2D eigenvalue weighted by Crippen LogP contribution is -1.99. The number of halogens is 2. The predicted octanol–water partition coefficient (Wildman–Crippen LogP) is 2.89. The van der Waals surface area contributed by atoms with E-state index in [-0.39, 0.29) is 16.3 Å². The van der Waals surface area contributed by atoms with Crippen LogP contribution in [0.3, 0.4) is 0 Å². The van der Waals surface area contributed by atoms with Gasteiger partial charge in [0.2, 0.25) is 0 Å². The number of carboxylic acids is 1. The number of nitrogens with zero attached hydrogens (tertiary/aromatic N) is 3. The molecule has 0 radical (unpaired) electrons. The summed E-state index contributed by atoms with van der Waals surface area (Å²) in [5.74, 6) is -1.84.